The van der Waals surface area contributed by atoms with Crippen LogP contribution in [0.2, 0.25) is 0 Å². The zero-order valence-electron chi connectivity index (χ0n) is 12.0. The summed E-state index contributed by atoms with van der Waals surface area (Å²) in [4.78, 5) is 4.61. The molecular formula is C17H19N3. The molecule has 0 atom stereocenters. The van der Waals surface area contributed by atoms with Gasteiger partial charge in [-0.1, -0.05) is 32.0 Å². The smallest absolute Gasteiger partial charge is 0.128 e. The molecule has 0 radical (unpaired) electrons. The van der Waals surface area contributed by atoms with Gasteiger partial charge in [0.25, 0.3) is 0 Å². The number of benzene rings is 1. The van der Waals surface area contributed by atoms with Gasteiger partial charge in [0.15, 0.2) is 0 Å². The minimum Gasteiger partial charge on any atom is -0.369 e. The second-order valence-corrected chi connectivity index (χ2v) is 6.05. The van der Waals surface area contributed by atoms with Crippen LogP contribution in [-0.2, 0) is 0 Å². The lowest BCUT2D eigenvalue weighted by Gasteiger charge is -2.20. The fourth-order valence-electron chi connectivity index (χ4n) is 2.74. The van der Waals surface area contributed by atoms with Gasteiger partial charge in [0, 0.05) is 11.9 Å². The zero-order chi connectivity index (χ0) is 14.2. The van der Waals surface area contributed by atoms with E-state index in [4.69, 9.17) is 0 Å². The minimum atomic E-state index is 0.431. The van der Waals surface area contributed by atoms with Crippen molar-refractivity contribution in [3.05, 3.63) is 35.9 Å². The van der Waals surface area contributed by atoms with Crippen molar-refractivity contribution in [1.29, 1.82) is 5.26 Å². The average molecular weight is 265 g/mol. The fraction of sp³-hybridized carbons (Fsp3) is 0.412. The highest BCUT2D eigenvalue weighted by molar-refractivity contribution is 5.86. The van der Waals surface area contributed by atoms with Gasteiger partial charge in [-0.05, 0) is 36.3 Å². The number of fused-ring (bicyclic) bond motifs is 1. The third-order valence-electron chi connectivity index (χ3n) is 4.58. The number of nitrogens with zero attached hydrogens (tertiary/aromatic N) is 2. The molecule has 3 rings (SSSR count). The maximum atomic E-state index is 9.28. The highest BCUT2D eigenvalue weighted by atomic mass is 15.0. The largest absolute Gasteiger partial charge is 0.369 e. The number of nitriles is 1. The number of anilines is 1. The molecule has 3 heteroatoms. The van der Waals surface area contributed by atoms with Crippen molar-refractivity contribution in [1.82, 2.24) is 4.98 Å². The molecule has 1 aromatic carbocycles. The Morgan fingerprint density at radius 2 is 2.10 bits per heavy atom. The van der Waals surface area contributed by atoms with E-state index in [1.165, 1.54) is 12.8 Å². The molecule has 0 unspecified atom stereocenters. The van der Waals surface area contributed by atoms with Crippen molar-refractivity contribution < 1.29 is 0 Å². The Labute approximate surface area is 119 Å². The summed E-state index contributed by atoms with van der Waals surface area (Å²) in [5.41, 5.74) is 2.00. The lowest BCUT2D eigenvalue weighted by atomic mass is 9.92. The second kappa shape index (κ2) is 4.79. The van der Waals surface area contributed by atoms with E-state index in [1.54, 1.807) is 0 Å². The molecule has 0 amide bonds. The van der Waals surface area contributed by atoms with E-state index >= 15 is 0 Å². The minimum absolute atomic E-state index is 0.431. The van der Waals surface area contributed by atoms with E-state index in [1.807, 2.05) is 30.3 Å². The Bertz CT molecular complexity index is 678. The molecule has 1 aliphatic rings. The quantitative estimate of drug-likeness (QED) is 0.910. The van der Waals surface area contributed by atoms with Crippen LogP contribution < -0.4 is 5.32 Å². The number of pyridine rings is 1. The van der Waals surface area contributed by atoms with E-state index < -0.39 is 0 Å². The molecule has 1 aliphatic carbocycles. The topological polar surface area (TPSA) is 48.7 Å². The van der Waals surface area contributed by atoms with Crippen molar-refractivity contribution >= 4 is 16.7 Å². The Hall–Kier alpha value is -2.08. The van der Waals surface area contributed by atoms with Gasteiger partial charge >= 0.3 is 0 Å². The maximum absolute atomic E-state index is 9.28. The Morgan fingerprint density at radius 1 is 1.35 bits per heavy atom. The van der Waals surface area contributed by atoms with Crippen LogP contribution in [0.1, 0.15) is 32.3 Å². The lowest BCUT2D eigenvalue weighted by Crippen LogP contribution is -2.21. The maximum Gasteiger partial charge on any atom is 0.128 e. The van der Waals surface area contributed by atoms with Crippen LogP contribution in [0.5, 0.6) is 0 Å². The number of rotatable bonds is 4. The molecule has 0 spiro atoms. The SMILES string of the molecule is CC(C)C1(CNc2cc(C#N)c3ccccc3n2)CC1. The van der Waals surface area contributed by atoms with E-state index in [0.717, 1.165) is 23.3 Å². The Kier molecular flexibility index (Phi) is 3.10. The van der Waals surface area contributed by atoms with Gasteiger partial charge in [-0.3, -0.25) is 0 Å². The molecule has 0 bridgehead atoms. The molecule has 1 aromatic heterocycles. The Morgan fingerprint density at radius 3 is 2.75 bits per heavy atom. The van der Waals surface area contributed by atoms with E-state index in [-0.39, 0.29) is 0 Å². The van der Waals surface area contributed by atoms with Crippen LogP contribution in [0.4, 0.5) is 5.82 Å². The van der Waals surface area contributed by atoms with Gasteiger partial charge in [0.1, 0.15) is 5.82 Å². The number of nitrogens with one attached hydrogen (secondary N) is 1. The number of hydrogen-bond acceptors (Lipinski definition) is 3. The van der Waals surface area contributed by atoms with Gasteiger partial charge in [-0.25, -0.2) is 4.98 Å². The van der Waals surface area contributed by atoms with E-state index in [0.29, 0.717) is 16.9 Å². The van der Waals surface area contributed by atoms with Crippen LogP contribution >= 0.6 is 0 Å². The summed E-state index contributed by atoms with van der Waals surface area (Å²) in [6, 6.07) is 11.9. The van der Waals surface area contributed by atoms with Gasteiger partial charge in [-0.2, -0.15) is 5.26 Å². The van der Waals surface area contributed by atoms with Gasteiger partial charge in [0.05, 0.1) is 17.1 Å². The van der Waals surface area contributed by atoms with E-state index in [9.17, 15) is 5.26 Å². The standard InChI is InChI=1S/C17H19N3/c1-12(2)17(7-8-17)11-19-16-9-13(10-18)14-5-3-4-6-15(14)20-16/h3-6,9,12H,7-8,11H2,1-2H3,(H,19,20). The summed E-state index contributed by atoms with van der Waals surface area (Å²) >= 11 is 0. The summed E-state index contributed by atoms with van der Waals surface area (Å²) in [7, 11) is 0. The predicted octanol–water partition coefficient (Wildman–Crippen LogP) is 3.95. The molecule has 0 aliphatic heterocycles. The molecular weight excluding hydrogens is 246 g/mol. The molecule has 20 heavy (non-hydrogen) atoms. The third kappa shape index (κ3) is 2.22. The van der Waals surface area contributed by atoms with Gasteiger partial charge in [-0.15, -0.1) is 0 Å². The molecule has 0 saturated heterocycles. The third-order valence-corrected chi connectivity index (χ3v) is 4.58. The molecule has 1 saturated carbocycles. The van der Waals surface area contributed by atoms with Crippen LogP contribution in [0, 0.1) is 22.7 Å². The summed E-state index contributed by atoms with van der Waals surface area (Å²) in [5.74, 6) is 1.50. The van der Waals surface area contributed by atoms with Gasteiger partial charge < -0.3 is 5.32 Å². The summed E-state index contributed by atoms with van der Waals surface area (Å²) in [5, 5.41) is 13.6. The van der Waals surface area contributed by atoms with Crippen LogP contribution in [0.25, 0.3) is 10.9 Å². The summed E-state index contributed by atoms with van der Waals surface area (Å²) in [6.45, 7) is 5.51. The first kappa shape index (κ1) is 12.9. The first-order chi connectivity index (χ1) is 9.64. The highest BCUT2D eigenvalue weighted by Gasteiger charge is 2.44. The first-order valence-electron chi connectivity index (χ1n) is 7.18. The second-order valence-electron chi connectivity index (χ2n) is 6.05. The Balaban J connectivity index is 1.87. The van der Waals surface area contributed by atoms with Crippen molar-refractivity contribution in [2.24, 2.45) is 11.3 Å². The van der Waals surface area contributed by atoms with Crippen molar-refractivity contribution in [3.63, 3.8) is 0 Å². The van der Waals surface area contributed by atoms with Crippen LogP contribution in [0.15, 0.2) is 30.3 Å². The van der Waals surface area contributed by atoms with Crippen molar-refractivity contribution in [3.8, 4) is 6.07 Å². The van der Waals surface area contributed by atoms with Gasteiger partial charge in [0.2, 0.25) is 0 Å². The monoisotopic (exact) mass is 265 g/mol. The highest BCUT2D eigenvalue weighted by Crippen LogP contribution is 2.51. The van der Waals surface area contributed by atoms with E-state index in [2.05, 4.69) is 30.2 Å². The number of hydrogen-bond donors (Lipinski definition) is 1. The molecule has 3 nitrogen and oxygen atoms in total. The normalized spacial score (nSPS) is 16.1. The first-order valence-corrected chi connectivity index (χ1v) is 7.18. The molecule has 102 valence electrons. The molecule has 1 fully saturated rings. The zero-order valence-corrected chi connectivity index (χ0v) is 12.0. The summed E-state index contributed by atoms with van der Waals surface area (Å²) < 4.78 is 0. The van der Waals surface area contributed by atoms with Crippen molar-refractivity contribution in [2.45, 2.75) is 26.7 Å². The lowest BCUT2D eigenvalue weighted by molar-refractivity contribution is 0.380. The molecule has 1 N–H and O–H groups in total. The fourth-order valence-corrected chi connectivity index (χ4v) is 2.74. The average Bonchev–Trinajstić information content (AvgIpc) is 3.25. The molecule has 1 heterocycles. The molecule has 2 aromatic rings. The number of aromatic nitrogens is 1. The van der Waals surface area contributed by atoms with Crippen LogP contribution in [0.3, 0.4) is 0 Å². The van der Waals surface area contributed by atoms with Crippen LogP contribution in [-0.4, -0.2) is 11.5 Å². The predicted molar refractivity (Wildman–Crippen MR) is 81.5 cm³/mol. The number of para-hydroxylation sites is 1. The summed E-state index contributed by atoms with van der Waals surface area (Å²) in [6.07, 6.45) is 2.58. The van der Waals surface area contributed by atoms with Crippen molar-refractivity contribution in [2.75, 3.05) is 11.9 Å².